The molecule has 1 aliphatic rings. The van der Waals surface area contributed by atoms with Gasteiger partial charge in [-0.25, -0.2) is 13.9 Å². The minimum absolute atomic E-state index is 0.0723. The van der Waals surface area contributed by atoms with Crippen molar-refractivity contribution in [1.82, 2.24) is 15.0 Å². The summed E-state index contributed by atoms with van der Waals surface area (Å²) >= 11 is 0. The topological polar surface area (TPSA) is 60.2 Å². The maximum atomic E-state index is 13.9. The van der Waals surface area contributed by atoms with E-state index in [4.69, 9.17) is 4.74 Å². The summed E-state index contributed by atoms with van der Waals surface area (Å²) in [6.45, 7) is 4.00. The predicted octanol–water partition coefficient (Wildman–Crippen LogP) is 7.67. The number of amides is 1. The minimum atomic E-state index is -5.31. The van der Waals surface area contributed by atoms with E-state index in [1.807, 2.05) is 26.0 Å². The van der Waals surface area contributed by atoms with Crippen LogP contribution in [0.15, 0.2) is 54.7 Å². The molecule has 0 radical (unpaired) electrons. The molecule has 38 heavy (non-hydrogen) atoms. The molecule has 204 valence electrons. The molecular weight excluding hydrogens is 521 g/mol. The molecule has 3 aromatic rings. The first kappa shape index (κ1) is 28.7. The third-order valence-corrected chi connectivity index (χ3v) is 5.54. The van der Waals surface area contributed by atoms with Crippen LogP contribution in [0.2, 0.25) is 0 Å². The number of allylic oxidation sites excluding steroid dienone is 2. The molecule has 1 aromatic heterocycles. The second-order valence-corrected chi connectivity index (χ2v) is 7.98. The van der Waals surface area contributed by atoms with Crippen molar-refractivity contribution in [2.75, 3.05) is 11.9 Å². The zero-order valence-electron chi connectivity index (χ0n) is 20.4. The monoisotopic (exact) mass is 544 g/mol. The van der Waals surface area contributed by atoms with Crippen molar-refractivity contribution in [1.29, 1.82) is 0 Å². The lowest BCUT2D eigenvalue weighted by molar-refractivity contribution is -0.143. The van der Waals surface area contributed by atoms with E-state index in [0.29, 0.717) is 18.9 Å². The number of anilines is 1. The van der Waals surface area contributed by atoms with Crippen LogP contribution in [-0.2, 0) is 12.4 Å². The fraction of sp³-hybridized carbons (Fsp3) is 0.320. The Morgan fingerprint density at radius 3 is 2.16 bits per heavy atom. The Morgan fingerprint density at radius 2 is 1.61 bits per heavy atom. The van der Waals surface area contributed by atoms with E-state index < -0.39 is 46.7 Å². The predicted molar refractivity (Wildman–Crippen MR) is 125 cm³/mol. The van der Waals surface area contributed by atoms with Crippen LogP contribution in [0.25, 0.3) is 11.3 Å². The Bertz CT molecular complexity index is 1290. The highest BCUT2D eigenvalue weighted by molar-refractivity contribution is 5.90. The van der Waals surface area contributed by atoms with Crippen molar-refractivity contribution >= 4 is 11.8 Å². The summed E-state index contributed by atoms with van der Waals surface area (Å²) < 4.78 is 102. The van der Waals surface area contributed by atoms with Gasteiger partial charge in [-0.15, -0.1) is 5.10 Å². The smallest absolute Gasteiger partial charge is 0.409 e. The molecule has 0 N–H and O–H groups in total. The molecule has 0 saturated carbocycles. The van der Waals surface area contributed by atoms with Gasteiger partial charge in [0.25, 0.3) is 0 Å². The first-order valence-corrected chi connectivity index (χ1v) is 11.5. The Balaban J connectivity index is 0.00000195. The van der Waals surface area contributed by atoms with E-state index in [1.165, 1.54) is 23.0 Å². The van der Waals surface area contributed by atoms with Gasteiger partial charge < -0.3 is 4.74 Å². The SMILES string of the molecule is CC.CN(C(=O)Oc1c(-c2cn(C3CC=CC3)nn2)cc(C(F)(F)F)cc1C(F)(F)F)c1ccc(F)cc1. The average Bonchev–Trinajstić information content (AvgIpc) is 3.56. The van der Waals surface area contributed by atoms with Crippen molar-refractivity contribution in [3.05, 3.63) is 71.7 Å². The van der Waals surface area contributed by atoms with Crippen LogP contribution in [0.4, 0.5) is 41.2 Å². The molecule has 0 unspecified atom stereocenters. The van der Waals surface area contributed by atoms with E-state index in [9.17, 15) is 35.5 Å². The Labute approximate surface area is 213 Å². The molecule has 0 saturated heterocycles. The number of carbonyl (C=O) groups is 1. The molecule has 0 aliphatic heterocycles. The Kier molecular flexibility index (Phi) is 8.48. The number of carbonyl (C=O) groups excluding carboxylic acids is 1. The third-order valence-electron chi connectivity index (χ3n) is 5.54. The normalized spacial score (nSPS) is 13.7. The quantitative estimate of drug-likeness (QED) is 0.250. The molecular formula is C25H23F7N4O2. The Morgan fingerprint density at radius 1 is 1.00 bits per heavy atom. The van der Waals surface area contributed by atoms with Gasteiger partial charge in [-0.1, -0.05) is 31.2 Å². The lowest BCUT2D eigenvalue weighted by Crippen LogP contribution is -2.30. The highest BCUT2D eigenvalue weighted by Gasteiger charge is 2.42. The maximum absolute atomic E-state index is 13.9. The van der Waals surface area contributed by atoms with Crippen molar-refractivity contribution in [3.63, 3.8) is 0 Å². The molecule has 0 fully saturated rings. The number of hydrogen-bond acceptors (Lipinski definition) is 4. The summed E-state index contributed by atoms with van der Waals surface area (Å²) in [7, 11) is 1.15. The van der Waals surface area contributed by atoms with Gasteiger partial charge >= 0.3 is 18.4 Å². The van der Waals surface area contributed by atoms with Gasteiger partial charge in [0.2, 0.25) is 0 Å². The molecule has 0 atom stereocenters. The van der Waals surface area contributed by atoms with E-state index in [0.717, 1.165) is 24.1 Å². The van der Waals surface area contributed by atoms with Crippen LogP contribution >= 0.6 is 0 Å². The summed E-state index contributed by atoms with van der Waals surface area (Å²) in [5, 5.41) is 7.61. The third kappa shape index (κ3) is 6.32. The molecule has 6 nitrogen and oxygen atoms in total. The molecule has 0 bridgehead atoms. The van der Waals surface area contributed by atoms with Crippen LogP contribution in [0.1, 0.15) is 43.9 Å². The largest absolute Gasteiger partial charge is 0.420 e. The lowest BCUT2D eigenvalue weighted by atomic mass is 10.0. The first-order valence-electron chi connectivity index (χ1n) is 11.5. The molecule has 1 aliphatic carbocycles. The van der Waals surface area contributed by atoms with E-state index >= 15 is 0 Å². The molecule has 1 heterocycles. The molecule has 0 spiro atoms. The number of aromatic nitrogens is 3. The maximum Gasteiger partial charge on any atom is 0.420 e. The van der Waals surface area contributed by atoms with Crippen molar-refractivity contribution in [2.45, 2.75) is 45.1 Å². The summed E-state index contributed by atoms with van der Waals surface area (Å²) in [5.74, 6) is -1.78. The standard InChI is InChI=1S/C23H17F7N4O2.C2H6/c1-33(15-8-6-14(24)7-9-15)21(35)36-20-17(19-12-34(32-31-19)16-4-2-3-5-16)10-13(22(25,26)27)11-18(20)23(28,29)30;1-2/h2-3,6-12,16H,4-5H2,1H3;1-2H3. The fourth-order valence-corrected chi connectivity index (χ4v) is 3.63. The van der Waals surface area contributed by atoms with Gasteiger partial charge in [0.15, 0.2) is 5.75 Å². The van der Waals surface area contributed by atoms with Crippen LogP contribution < -0.4 is 9.64 Å². The molecule has 13 heteroatoms. The van der Waals surface area contributed by atoms with Crippen molar-refractivity contribution < 1.29 is 40.3 Å². The second kappa shape index (κ2) is 11.2. The van der Waals surface area contributed by atoms with Gasteiger partial charge in [0.05, 0.1) is 23.4 Å². The summed E-state index contributed by atoms with van der Waals surface area (Å²) in [4.78, 5) is 13.5. The summed E-state index contributed by atoms with van der Waals surface area (Å²) in [6, 6.07) is 4.48. The van der Waals surface area contributed by atoms with E-state index in [-0.39, 0.29) is 23.5 Å². The van der Waals surface area contributed by atoms with Gasteiger partial charge in [0, 0.05) is 18.3 Å². The highest BCUT2D eigenvalue weighted by atomic mass is 19.4. The first-order chi connectivity index (χ1) is 17.8. The van der Waals surface area contributed by atoms with Crippen molar-refractivity contribution in [3.8, 4) is 17.0 Å². The summed E-state index contributed by atoms with van der Waals surface area (Å²) in [6.07, 6.45) is -5.76. The molecule has 2 aromatic carbocycles. The van der Waals surface area contributed by atoms with Gasteiger partial charge in [-0.05, 0) is 49.2 Å². The van der Waals surface area contributed by atoms with Crippen molar-refractivity contribution in [2.24, 2.45) is 0 Å². The van der Waals surface area contributed by atoms with Gasteiger partial charge in [-0.3, -0.25) is 4.90 Å². The number of alkyl halides is 6. The number of benzene rings is 2. The van der Waals surface area contributed by atoms with E-state index in [1.54, 1.807) is 0 Å². The molecule has 1 amide bonds. The van der Waals surface area contributed by atoms with Crippen LogP contribution in [-0.4, -0.2) is 28.1 Å². The average molecular weight is 544 g/mol. The Hall–Kier alpha value is -3.90. The fourth-order valence-electron chi connectivity index (χ4n) is 3.63. The number of rotatable bonds is 4. The van der Waals surface area contributed by atoms with Crippen LogP contribution in [0, 0.1) is 5.82 Å². The van der Waals surface area contributed by atoms with Gasteiger partial charge in [0.1, 0.15) is 11.5 Å². The van der Waals surface area contributed by atoms with Crippen LogP contribution in [0.3, 0.4) is 0 Å². The summed E-state index contributed by atoms with van der Waals surface area (Å²) in [5.41, 5.74) is -4.40. The minimum Gasteiger partial charge on any atom is -0.409 e. The number of hydrogen-bond donors (Lipinski definition) is 0. The second-order valence-electron chi connectivity index (χ2n) is 7.98. The molecule has 4 rings (SSSR count). The lowest BCUT2D eigenvalue weighted by Gasteiger charge is -2.22. The van der Waals surface area contributed by atoms with Crippen LogP contribution in [0.5, 0.6) is 5.75 Å². The number of halogens is 7. The zero-order valence-corrected chi connectivity index (χ0v) is 20.4. The van der Waals surface area contributed by atoms with E-state index in [2.05, 4.69) is 10.3 Å². The van der Waals surface area contributed by atoms with Gasteiger partial charge in [-0.2, -0.15) is 26.3 Å². The number of nitrogens with zero attached hydrogens (tertiary/aromatic N) is 4. The zero-order chi connectivity index (χ0) is 28.3. The highest BCUT2D eigenvalue weighted by Crippen LogP contribution is 2.46. The number of ether oxygens (including phenoxy) is 1.